The fraction of sp³-hybridized carbons (Fsp3) is 0.231. The van der Waals surface area contributed by atoms with Gasteiger partial charge in [-0.15, -0.1) is 53.8 Å². The molecule has 0 fully saturated rings. The van der Waals surface area contributed by atoms with E-state index in [1.165, 1.54) is 33.4 Å². The molecule has 0 unspecified atom stereocenters. The molecule has 6 heteroatoms. The molecule has 1 aliphatic heterocycles. The van der Waals surface area contributed by atoms with Gasteiger partial charge in [0.25, 0.3) is 0 Å². The van der Waals surface area contributed by atoms with E-state index < -0.39 is 5.41 Å². The van der Waals surface area contributed by atoms with Crippen LogP contribution in [0.25, 0.3) is 44.4 Å². The monoisotopic (exact) mass is 1110 g/mol. The molecular formula is C65H63N4OPt-3. The summed E-state index contributed by atoms with van der Waals surface area (Å²) in [6.45, 7) is 27.2. The third-order valence-corrected chi connectivity index (χ3v) is 13.9. The summed E-state index contributed by atoms with van der Waals surface area (Å²) in [7, 11) is 0. The number of para-hydroxylation sites is 1. The van der Waals surface area contributed by atoms with Gasteiger partial charge in [-0.25, -0.2) is 4.98 Å². The van der Waals surface area contributed by atoms with E-state index in [2.05, 4.69) is 279 Å². The fourth-order valence-corrected chi connectivity index (χ4v) is 9.65. The van der Waals surface area contributed by atoms with Crippen LogP contribution < -0.4 is 14.5 Å². The van der Waals surface area contributed by atoms with Gasteiger partial charge in [0.05, 0.1) is 0 Å². The topological polar surface area (TPSA) is 33.5 Å². The summed E-state index contributed by atoms with van der Waals surface area (Å²) in [5.41, 5.74) is 13.6. The molecule has 362 valence electrons. The predicted molar refractivity (Wildman–Crippen MR) is 293 cm³/mol. The molecule has 0 N–H and O–H groups in total. The Morgan fingerprint density at radius 1 is 0.521 bits per heavy atom. The van der Waals surface area contributed by atoms with Crippen molar-refractivity contribution in [3.63, 3.8) is 0 Å². The van der Waals surface area contributed by atoms with Crippen LogP contribution in [0.4, 0.5) is 11.4 Å². The van der Waals surface area contributed by atoms with Gasteiger partial charge in [-0.05, 0) is 97.0 Å². The number of aromatic nitrogens is 2. The molecule has 7 aromatic carbocycles. The van der Waals surface area contributed by atoms with Crippen LogP contribution in [0.2, 0.25) is 0 Å². The minimum Gasteiger partial charge on any atom is -0.509 e. The van der Waals surface area contributed by atoms with Gasteiger partial charge in [0.1, 0.15) is 5.82 Å². The van der Waals surface area contributed by atoms with E-state index in [1.807, 2.05) is 6.20 Å². The fourth-order valence-electron chi connectivity index (χ4n) is 9.65. The minimum absolute atomic E-state index is 0. The molecule has 0 atom stereocenters. The molecule has 10 rings (SSSR count). The smallest absolute Gasteiger partial charge is 0.135 e. The second-order valence-corrected chi connectivity index (χ2v) is 22.4. The van der Waals surface area contributed by atoms with Crippen molar-refractivity contribution in [3.8, 4) is 28.4 Å². The largest absolute Gasteiger partial charge is 0.509 e. The van der Waals surface area contributed by atoms with Crippen molar-refractivity contribution in [1.29, 1.82) is 0 Å². The summed E-state index contributed by atoms with van der Waals surface area (Å²) in [6.07, 6.45) is 4.17. The minimum atomic E-state index is -0.398. The summed E-state index contributed by atoms with van der Waals surface area (Å²) in [5, 5.41) is 2.31. The zero-order valence-electron chi connectivity index (χ0n) is 42.8. The van der Waals surface area contributed by atoms with E-state index in [-0.39, 0.29) is 37.3 Å². The first-order valence-electron chi connectivity index (χ1n) is 24.5. The summed E-state index contributed by atoms with van der Waals surface area (Å²) in [6, 6.07) is 66.2. The molecule has 0 saturated heterocycles. The molecule has 1 aliphatic rings. The molecule has 5 nitrogen and oxygen atoms in total. The standard InChI is InChI=1S/C65H63N4O.Pt/c1-62(2,3)48-31-32-66-60(38-48)69-57-30-22-21-29-55(57)61-56(64(7,8)9)40-54(41-58(61)69)70-53-37-50(65(10,11)47-27-19-14-20-28-47)36-52(39-53)68-43-67(42-59(68)45-25-17-13-18-26-45)51-34-46(44-23-15-12-16-24-44)33-49(35-51)63(4,5)6;/h12-38,40,42-43H,1-11H3;/q-3;. The molecular weight excluding hydrogens is 1050 g/mol. The van der Waals surface area contributed by atoms with E-state index in [9.17, 15) is 0 Å². The Balaban J connectivity index is 0.00000624. The maximum Gasteiger partial charge on any atom is 0.135 e. The first kappa shape index (κ1) is 49.3. The summed E-state index contributed by atoms with van der Waals surface area (Å²) >= 11 is 0. The molecule has 0 saturated carbocycles. The van der Waals surface area contributed by atoms with Crippen molar-refractivity contribution in [2.75, 3.05) is 9.80 Å². The number of benzene rings is 7. The third-order valence-electron chi connectivity index (χ3n) is 13.9. The van der Waals surface area contributed by atoms with Crippen LogP contribution in [0, 0.1) is 18.8 Å². The van der Waals surface area contributed by atoms with Crippen molar-refractivity contribution in [2.45, 2.75) is 97.8 Å². The van der Waals surface area contributed by atoms with Crippen LogP contribution >= 0.6 is 0 Å². The van der Waals surface area contributed by atoms with Gasteiger partial charge in [-0.3, -0.25) is 0 Å². The van der Waals surface area contributed by atoms with Gasteiger partial charge in [-0.2, -0.15) is 0 Å². The quantitative estimate of drug-likeness (QED) is 0.135. The summed E-state index contributed by atoms with van der Waals surface area (Å²) in [4.78, 5) is 9.52. The van der Waals surface area contributed by atoms with Crippen LogP contribution in [0.1, 0.15) is 110 Å². The molecule has 0 bridgehead atoms. The van der Waals surface area contributed by atoms with Gasteiger partial charge in [0, 0.05) is 55.7 Å². The van der Waals surface area contributed by atoms with Gasteiger partial charge in [0.15, 0.2) is 0 Å². The third kappa shape index (κ3) is 9.74. The van der Waals surface area contributed by atoms with Crippen molar-refractivity contribution in [2.24, 2.45) is 0 Å². The summed E-state index contributed by atoms with van der Waals surface area (Å²) < 4.78 is 9.47. The molecule has 0 spiro atoms. The SMILES string of the molecule is CC(C)(C)c1cc(-c2ccccc2)cc(N2C=C(c3ccccc3)N(c3[c-]c(Oc4[c-]c5c(c(C(C)(C)C)c4)c4ccccc4n5-c4cc(C(C)(C)C)ccn4)cc(C(C)(C)c4ccccc4)c3)[CH-]2)c1.[Pt]. The number of anilines is 2. The Labute approximate surface area is 436 Å². The molecule has 0 radical (unpaired) electrons. The second kappa shape index (κ2) is 18.8. The molecule has 0 aliphatic carbocycles. The van der Waals surface area contributed by atoms with Gasteiger partial charge in [0.2, 0.25) is 0 Å². The zero-order valence-corrected chi connectivity index (χ0v) is 45.1. The normalized spacial score (nSPS) is 13.4. The van der Waals surface area contributed by atoms with Crippen molar-refractivity contribution < 1.29 is 25.8 Å². The van der Waals surface area contributed by atoms with Crippen LogP contribution in [0.5, 0.6) is 11.5 Å². The van der Waals surface area contributed by atoms with Gasteiger partial charge in [-0.1, -0.05) is 202 Å². The van der Waals surface area contributed by atoms with Crippen LogP contribution in [-0.2, 0) is 42.7 Å². The number of hydrogen-bond donors (Lipinski definition) is 0. The molecule has 3 heterocycles. The zero-order chi connectivity index (χ0) is 49.2. The van der Waals surface area contributed by atoms with Crippen LogP contribution in [-0.4, -0.2) is 9.55 Å². The number of pyridine rings is 1. The Bertz CT molecular complexity index is 3410. The average Bonchev–Trinajstić information content (AvgIpc) is 3.94. The van der Waals surface area contributed by atoms with E-state index >= 15 is 0 Å². The first-order chi connectivity index (χ1) is 33.3. The number of ether oxygens (including phenoxy) is 1. The Morgan fingerprint density at radius 3 is 1.80 bits per heavy atom. The van der Waals surface area contributed by atoms with Gasteiger partial charge >= 0.3 is 0 Å². The average molecular weight is 1110 g/mol. The van der Waals surface area contributed by atoms with Crippen molar-refractivity contribution >= 4 is 38.9 Å². The van der Waals surface area contributed by atoms with E-state index in [4.69, 9.17) is 9.72 Å². The Hall–Kier alpha value is -6.68. The first-order valence-corrected chi connectivity index (χ1v) is 24.5. The maximum absolute atomic E-state index is 7.21. The molecule has 0 amide bonds. The number of nitrogens with zero attached hydrogens (tertiary/aromatic N) is 4. The molecule has 71 heavy (non-hydrogen) atoms. The second-order valence-electron chi connectivity index (χ2n) is 22.4. The number of hydrogen-bond acceptors (Lipinski definition) is 4. The molecule has 9 aromatic rings. The van der Waals surface area contributed by atoms with Gasteiger partial charge < -0.3 is 19.1 Å². The summed E-state index contributed by atoms with van der Waals surface area (Å²) in [5.74, 6) is 2.07. The Morgan fingerprint density at radius 2 is 1.14 bits per heavy atom. The van der Waals surface area contributed by atoms with Crippen molar-refractivity contribution in [3.05, 3.63) is 228 Å². The predicted octanol–water partition coefficient (Wildman–Crippen LogP) is 16.9. The maximum atomic E-state index is 7.21. The van der Waals surface area contributed by atoms with Crippen LogP contribution in [0.3, 0.4) is 0 Å². The van der Waals surface area contributed by atoms with Crippen LogP contribution in [0.15, 0.2) is 176 Å². The van der Waals surface area contributed by atoms with E-state index in [0.29, 0.717) is 11.5 Å². The van der Waals surface area contributed by atoms with Crippen molar-refractivity contribution in [1.82, 2.24) is 9.55 Å². The molecule has 2 aromatic heterocycles. The number of fused-ring (bicyclic) bond motifs is 3. The number of rotatable bonds is 9. The van der Waals surface area contributed by atoms with E-state index in [1.54, 1.807) is 0 Å². The Kier molecular flexibility index (Phi) is 13.1. The van der Waals surface area contributed by atoms with E-state index in [0.717, 1.165) is 55.8 Å².